The number of carbonyl (C=O) groups excluding carboxylic acids is 1. The second-order valence-corrected chi connectivity index (χ2v) is 6.61. The highest BCUT2D eigenvalue weighted by atomic mass is 35.5. The van der Waals surface area contributed by atoms with Gasteiger partial charge in [-0.2, -0.15) is 0 Å². The summed E-state index contributed by atoms with van der Waals surface area (Å²) in [7, 11) is 3.98. The lowest BCUT2D eigenvalue weighted by Gasteiger charge is -2.26. The molecule has 1 saturated heterocycles. The van der Waals surface area contributed by atoms with Gasteiger partial charge in [-0.1, -0.05) is 25.4 Å². The van der Waals surface area contributed by atoms with Gasteiger partial charge >= 0.3 is 0 Å². The number of hydrogen-bond acceptors (Lipinski definition) is 3. The van der Waals surface area contributed by atoms with Crippen molar-refractivity contribution in [3.63, 3.8) is 0 Å². The van der Waals surface area contributed by atoms with Gasteiger partial charge < -0.3 is 9.80 Å². The molecule has 1 aromatic heterocycles. The van der Waals surface area contributed by atoms with Crippen LogP contribution >= 0.6 is 11.6 Å². The van der Waals surface area contributed by atoms with Gasteiger partial charge in [0.25, 0.3) is 5.91 Å². The van der Waals surface area contributed by atoms with Gasteiger partial charge in [-0.15, -0.1) is 0 Å². The average molecular weight is 310 g/mol. The number of amides is 1. The smallest absolute Gasteiger partial charge is 0.253 e. The van der Waals surface area contributed by atoms with Crippen LogP contribution < -0.4 is 0 Å². The van der Waals surface area contributed by atoms with Crippen LogP contribution in [0.5, 0.6) is 0 Å². The molecule has 2 rings (SSSR count). The Morgan fingerprint density at radius 1 is 1.52 bits per heavy atom. The van der Waals surface area contributed by atoms with Gasteiger partial charge in [0.2, 0.25) is 0 Å². The predicted molar refractivity (Wildman–Crippen MR) is 85.9 cm³/mol. The Hall–Kier alpha value is -1.13. The van der Waals surface area contributed by atoms with Crippen molar-refractivity contribution < 1.29 is 4.79 Å². The summed E-state index contributed by atoms with van der Waals surface area (Å²) in [4.78, 5) is 21.0. The third-order valence-corrected chi connectivity index (χ3v) is 4.35. The number of rotatable bonds is 4. The van der Waals surface area contributed by atoms with Crippen molar-refractivity contribution in [3.8, 4) is 0 Å². The summed E-state index contributed by atoms with van der Waals surface area (Å²) in [5.74, 6) is 0.267. The Balaban J connectivity index is 2.11. The molecule has 2 heterocycles. The first-order chi connectivity index (χ1) is 9.88. The Kier molecular flexibility index (Phi) is 5.22. The largest absolute Gasteiger partial charge is 0.340 e. The molecular formula is C16H24ClN3O. The lowest BCUT2D eigenvalue weighted by molar-refractivity contribution is 0.0761. The number of likely N-dealkylation sites (N-methyl/N-ethyl adjacent to an activating group) is 2. The fraction of sp³-hybridized carbons (Fsp3) is 0.625. The minimum absolute atomic E-state index is 0.0153. The first-order valence-corrected chi connectivity index (χ1v) is 7.89. The molecule has 1 amide bonds. The third-order valence-electron chi connectivity index (χ3n) is 4.16. The highest BCUT2D eigenvalue weighted by Gasteiger charge is 2.24. The number of likely N-dealkylation sites (tertiary alicyclic amines) is 1. The molecule has 1 aromatic rings. The maximum absolute atomic E-state index is 12.6. The zero-order valence-corrected chi connectivity index (χ0v) is 14.0. The number of halogens is 1. The van der Waals surface area contributed by atoms with Gasteiger partial charge in [0.05, 0.1) is 0 Å². The maximum atomic E-state index is 12.6. The first-order valence-electron chi connectivity index (χ1n) is 7.51. The van der Waals surface area contributed by atoms with E-state index in [1.165, 1.54) is 6.42 Å². The number of aromatic nitrogens is 1. The van der Waals surface area contributed by atoms with Crippen LogP contribution in [0.25, 0.3) is 0 Å². The van der Waals surface area contributed by atoms with E-state index in [2.05, 4.69) is 16.9 Å². The maximum Gasteiger partial charge on any atom is 0.253 e. The third kappa shape index (κ3) is 3.95. The van der Waals surface area contributed by atoms with E-state index >= 15 is 0 Å². The molecule has 0 saturated carbocycles. The first kappa shape index (κ1) is 16.2. The number of hydrogen-bond donors (Lipinski definition) is 0. The SMILES string of the molecule is CC(C)c1cc(C(=O)N(C)CC2CCCN2C)cc(Cl)n1. The van der Waals surface area contributed by atoms with Crippen LogP contribution in [-0.2, 0) is 0 Å². The summed E-state index contributed by atoms with van der Waals surface area (Å²) in [6.07, 6.45) is 2.37. The fourth-order valence-corrected chi connectivity index (χ4v) is 2.98. The molecule has 116 valence electrons. The van der Waals surface area contributed by atoms with E-state index in [1.807, 2.05) is 27.0 Å². The zero-order valence-electron chi connectivity index (χ0n) is 13.3. The Morgan fingerprint density at radius 2 is 2.24 bits per heavy atom. The van der Waals surface area contributed by atoms with Crippen LogP contribution in [0.15, 0.2) is 12.1 Å². The van der Waals surface area contributed by atoms with E-state index in [0.29, 0.717) is 16.8 Å². The lowest BCUT2D eigenvalue weighted by Crippen LogP contribution is -2.39. The molecule has 1 fully saturated rings. The number of nitrogens with zero attached hydrogens (tertiary/aromatic N) is 3. The van der Waals surface area contributed by atoms with Gasteiger partial charge in [0, 0.05) is 30.9 Å². The van der Waals surface area contributed by atoms with Crippen LogP contribution in [0, 0.1) is 0 Å². The quantitative estimate of drug-likeness (QED) is 0.802. The van der Waals surface area contributed by atoms with Crippen LogP contribution in [0.4, 0.5) is 0 Å². The van der Waals surface area contributed by atoms with E-state index in [1.54, 1.807) is 11.0 Å². The molecule has 1 unspecified atom stereocenters. The van der Waals surface area contributed by atoms with Crippen LogP contribution in [0.3, 0.4) is 0 Å². The molecule has 4 nitrogen and oxygen atoms in total. The topological polar surface area (TPSA) is 36.4 Å². The van der Waals surface area contributed by atoms with E-state index in [9.17, 15) is 4.79 Å². The molecule has 1 aliphatic rings. The number of carbonyl (C=O) groups is 1. The summed E-state index contributed by atoms with van der Waals surface area (Å²) in [5.41, 5.74) is 1.49. The van der Waals surface area contributed by atoms with E-state index < -0.39 is 0 Å². The normalized spacial score (nSPS) is 19.2. The molecule has 0 bridgehead atoms. The van der Waals surface area contributed by atoms with E-state index in [-0.39, 0.29) is 11.8 Å². The molecule has 0 spiro atoms. The van der Waals surface area contributed by atoms with E-state index in [0.717, 1.165) is 25.2 Å². The molecule has 5 heteroatoms. The molecule has 0 radical (unpaired) electrons. The summed E-state index contributed by atoms with van der Waals surface area (Å²) in [5, 5.41) is 0.385. The van der Waals surface area contributed by atoms with Crippen LogP contribution in [0.1, 0.15) is 48.7 Å². The molecule has 0 N–H and O–H groups in total. The molecule has 0 aromatic carbocycles. The summed E-state index contributed by atoms with van der Waals surface area (Å²) < 4.78 is 0. The molecule has 0 aliphatic carbocycles. The predicted octanol–water partition coefficient (Wildman–Crippen LogP) is 3.02. The van der Waals surface area contributed by atoms with Crippen molar-refractivity contribution in [2.75, 3.05) is 27.2 Å². The zero-order chi connectivity index (χ0) is 15.6. The van der Waals surface area contributed by atoms with E-state index in [4.69, 9.17) is 11.6 Å². The fourth-order valence-electron chi connectivity index (χ4n) is 2.77. The van der Waals surface area contributed by atoms with Gasteiger partial charge in [-0.3, -0.25) is 4.79 Å². The molecule has 1 aliphatic heterocycles. The average Bonchev–Trinajstić information content (AvgIpc) is 2.82. The highest BCUT2D eigenvalue weighted by molar-refractivity contribution is 6.29. The van der Waals surface area contributed by atoms with Gasteiger partial charge in [0.15, 0.2) is 0 Å². The monoisotopic (exact) mass is 309 g/mol. The Labute approximate surface area is 132 Å². The van der Waals surface area contributed by atoms with Crippen molar-refractivity contribution in [1.82, 2.24) is 14.8 Å². The van der Waals surface area contributed by atoms with Gasteiger partial charge in [0.1, 0.15) is 5.15 Å². The Morgan fingerprint density at radius 3 is 2.81 bits per heavy atom. The standard InChI is InChI=1S/C16H24ClN3O/c1-11(2)14-8-12(9-15(17)18-14)16(21)20(4)10-13-6-5-7-19(13)3/h8-9,11,13H,5-7,10H2,1-4H3. The summed E-state index contributed by atoms with van der Waals surface area (Å²) >= 11 is 6.05. The highest BCUT2D eigenvalue weighted by Crippen LogP contribution is 2.20. The van der Waals surface area contributed by atoms with Crippen molar-refractivity contribution in [2.24, 2.45) is 0 Å². The minimum Gasteiger partial charge on any atom is -0.340 e. The molecule has 21 heavy (non-hydrogen) atoms. The Bertz CT molecular complexity index is 518. The summed E-state index contributed by atoms with van der Waals surface area (Å²) in [6.45, 7) is 5.96. The minimum atomic E-state index is 0.0153. The second kappa shape index (κ2) is 6.75. The van der Waals surface area contributed by atoms with Gasteiger partial charge in [-0.25, -0.2) is 4.98 Å². The van der Waals surface area contributed by atoms with Crippen LogP contribution in [0.2, 0.25) is 5.15 Å². The second-order valence-electron chi connectivity index (χ2n) is 6.22. The van der Waals surface area contributed by atoms with Crippen molar-refractivity contribution in [1.29, 1.82) is 0 Å². The van der Waals surface area contributed by atoms with Crippen LogP contribution in [-0.4, -0.2) is 53.9 Å². The van der Waals surface area contributed by atoms with Gasteiger partial charge in [-0.05, 0) is 44.5 Å². The van der Waals surface area contributed by atoms with Crippen molar-refractivity contribution >= 4 is 17.5 Å². The number of pyridine rings is 1. The molecular weight excluding hydrogens is 286 g/mol. The van der Waals surface area contributed by atoms with Crippen molar-refractivity contribution in [3.05, 3.63) is 28.5 Å². The van der Waals surface area contributed by atoms with Crippen molar-refractivity contribution in [2.45, 2.75) is 38.6 Å². The lowest BCUT2D eigenvalue weighted by atomic mass is 10.1. The summed E-state index contributed by atoms with van der Waals surface area (Å²) in [6, 6.07) is 3.97. The molecule has 1 atom stereocenters.